The number of thiol groups is 2. The van der Waals surface area contributed by atoms with E-state index in [1.807, 2.05) is 75.3 Å². The molecule has 2 aliphatic rings. The average molecular weight is 773 g/mol. The Morgan fingerprint density at radius 2 is 1.29 bits per heavy atom. The summed E-state index contributed by atoms with van der Waals surface area (Å²) in [6, 6.07) is 7.04. The first kappa shape index (κ1) is 59.8. The van der Waals surface area contributed by atoms with E-state index in [0.29, 0.717) is 32.7 Å². The van der Waals surface area contributed by atoms with Crippen LogP contribution in [0, 0.1) is 27.6 Å². The Hall–Kier alpha value is -1.48. The van der Waals surface area contributed by atoms with Gasteiger partial charge in [-0.3, -0.25) is 19.4 Å². The summed E-state index contributed by atoms with van der Waals surface area (Å²) in [6.07, 6.45) is 4.72. The summed E-state index contributed by atoms with van der Waals surface area (Å²) in [4.78, 5) is 29.7. The number of imide groups is 1. The minimum absolute atomic E-state index is 0.00656. The van der Waals surface area contributed by atoms with Crippen LogP contribution in [-0.2, 0) is 14.3 Å². The Morgan fingerprint density at radius 1 is 0.808 bits per heavy atom. The number of hydrogen-bond acceptors (Lipinski definition) is 7. The van der Waals surface area contributed by atoms with E-state index < -0.39 is 0 Å². The fourth-order valence-electron chi connectivity index (χ4n) is 6.14. The van der Waals surface area contributed by atoms with Crippen molar-refractivity contribution in [3.05, 3.63) is 42.0 Å². The molecule has 6 nitrogen and oxygen atoms in total. The molecule has 1 N–H and O–H groups in total. The van der Waals surface area contributed by atoms with Crippen molar-refractivity contribution in [3.63, 3.8) is 0 Å². The first-order valence-electron chi connectivity index (χ1n) is 19.9. The van der Waals surface area contributed by atoms with Crippen molar-refractivity contribution in [2.24, 2.45) is 27.6 Å². The standard InChI is InChI=1S/C32H50N2O4.5C2H6.2CH4S/c1-22(21-30(5,6)32(9,10)31(7,8)29(2,3)4)18-24-20-26(36)34(27(24)37)15-14-33-16-17-38-28(33)23-12-11-13-25(35)19-23;7*1-2/h11-13,19,24,28,35H,1,14-18,20-21H2,2-10H3;5*1-2H3;2*2H,1H3. The molecule has 8 heteroatoms. The van der Waals surface area contributed by atoms with Gasteiger partial charge in [-0.05, 0) is 64.7 Å². The number of hydrogen-bond donors (Lipinski definition) is 3. The Morgan fingerprint density at radius 3 is 1.73 bits per heavy atom. The van der Waals surface area contributed by atoms with E-state index in [1.54, 1.807) is 30.7 Å². The zero-order valence-electron chi connectivity index (χ0n) is 38.1. The molecule has 2 amide bonds. The smallest absolute Gasteiger partial charge is 0.233 e. The minimum atomic E-state index is -0.332. The third-order valence-corrected chi connectivity index (χ3v) is 10.4. The van der Waals surface area contributed by atoms with E-state index in [9.17, 15) is 14.7 Å². The van der Waals surface area contributed by atoms with Crippen molar-refractivity contribution < 1.29 is 19.4 Å². The molecule has 0 bridgehead atoms. The number of rotatable bonds is 10. The number of amides is 2. The maximum absolute atomic E-state index is 13.3. The second kappa shape index (κ2) is 30.8. The largest absolute Gasteiger partial charge is 0.508 e. The number of likely N-dealkylation sites (tertiary alicyclic amines) is 1. The van der Waals surface area contributed by atoms with Crippen molar-refractivity contribution in [2.45, 2.75) is 157 Å². The van der Waals surface area contributed by atoms with E-state index in [2.05, 4.69) is 99.1 Å². The zero-order chi connectivity index (χ0) is 42.7. The number of carbonyl (C=O) groups is 2. The number of aromatic hydroxyl groups is 1. The lowest BCUT2D eigenvalue weighted by Crippen LogP contribution is -2.51. The van der Waals surface area contributed by atoms with Gasteiger partial charge < -0.3 is 9.84 Å². The van der Waals surface area contributed by atoms with Gasteiger partial charge in [0, 0.05) is 26.1 Å². The molecule has 2 aliphatic heterocycles. The molecule has 0 aromatic heterocycles. The molecule has 52 heavy (non-hydrogen) atoms. The van der Waals surface area contributed by atoms with Crippen LogP contribution in [0.15, 0.2) is 36.4 Å². The maximum atomic E-state index is 13.3. The van der Waals surface area contributed by atoms with Crippen LogP contribution in [0.25, 0.3) is 0 Å². The van der Waals surface area contributed by atoms with Crippen LogP contribution in [0.2, 0.25) is 0 Å². The molecular weight excluding hydrogens is 685 g/mol. The quantitative estimate of drug-likeness (QED) is 0.125. The second-order valence-electron chi connectivity index (χ2n) is 14.2. The normalized spacial score (nSPS) is 16.9. The molecule has 0 radical (unpaired) electrons. The predicted octanol–water partition coefficient (Wildman–Crippen LogP) is 12.8. The summed E-state index contributed by atoms with van der Waals surface area (Å²) in [7, 11) is 0. The molecule has 0 spiro atoms. The fourth-order valence-corrected chi connectivity index (χ4v) is 6.14. The summed E-state index contributed by atoms with van der Waals surface area (Å²) in [5.74, 6) is -0.326. The maximum Gasteiger partial charge on any atom is 0.233 e. The SMILES string of the molecule is C=C(CC1CC(=O)N(CCN2CCOC2c2cccc(O)c2)C1=O)CC(C)(C)C(C)(C)C(C)(C)C(C)(C)C.CC.CC.CC.CC.CC.CS.CS. The lowest BCUT2D eigenvalue weighted by Gasteiger charge is -2.58. The van der Waals surface area contributed by atoms with E-state index in [1.165, 1.54) is 4.90 Å². The summed E-state index contributed by atoms with van der Waals surface area (Å²) in [5.41, 5.74) is 2.07. The van der Waals surface area contributed by atoms with Crippen LogP contribution >= 0.6 is 25.3 Å². The second-order valence-corrected chi connectivity index (χ2v) is 14.2. The zero-order valence-corrected chi connectivity index (χ0v) is 39.9. The number of allylic oxidation sites excluding steroid dienone is 1. The van der Waals surface area contributed by atoms with Gasteiger partial charge in [-0.25, -0.2) is 0 Å². The lowest BCUT2D eigenvalue weighted by atomic mass is 9.47. The molecule has 1 aromatic carbocycles. The highest BCUT2D eigenvalue weighted by atomic mass is 32.1. The number of phenols is 1. The van der Waals surface area contributed by atoms with Crippen LogP contribution in [0.3, 0.4) is 0 Å². The van der Waals surface area contributed by atoms with Gasteiger partial charge in [0.2, 0.25) is 11.8 Å². The Kier molecular flexibility index (Phi) is 35.4. The molecule has 2 unspecified atom stereocenters. The van der Waals surface area contributed by atoms with Gasteiger partial charge in [0.25, 0.3) is 0 Å². The Bertz CT molecular complexity index is 1060. The van der Waals surface area contributed by atoms with Gasteiger partial charge in [-0.2, -0.15) is 25.3 Å². The number of phenolic OH excluding ortho intramolecular Hbond substituents is 1. The van der Waals surface area contributed by atoms with Crippen molar-refractivity contribution in [3.8, 4) is 5.75 Å². The average Bonchev–Trinajstić information content (AvgIpc) is 3.71. The number of ether oxygens (including phenoxy) is 1. The van der Waals surface area contributed by atoms with Gasteiger partial charge in [-0.15, -0.1) is 0 Å². The Labute approximate surface area is 336 Å². The molecule has 0 aliphatic carbocycles. The topological polar surface area (TPSA) is 70.1 Å². The molecule has 2 fully saturated rings. The molecule has 310 valence electrons. The van der Waals surface area contributed by atoms with Gasteiger partial charge in [0.05, 0.1) is 12.5 Å². The van der Waals surface area contributed by atoms with Crippen molar-refractivity contribution in [1.29, 1.82) is 0 Å². The minimum Gasteiger partial charge on any atom is -0.508 e. The first-order chi connectivity index (χ1) is 24.4. The van der Waals surface area contributed by atoms with Gasteiger partial charge >= 0.3 is 0 Å². The molecule has 2 heterocycles. The molecule has 0 saturated carbocycles. The molecule has 3 rings (SSSR count). The predicted molar refractivity (Wildman–Crippen MR) is 239 cm³/mol. The van der Waals surface area contributed by atoms with Crippen LogP contribution in [0.1, 0.15) is 163 Å². The van der Waals surface area contributed by atoms with Gasteiger partial charge in [-0.1, -0.05) is 156 Å². The Balaban J connectivity index is -0.000000470. The monoisotopic (exact) mass is 773 g/mol. The van der Waals surface area contributed by atoms with Crippen molar-refractivity contribution in [1.82, 2.24) is 9.80 Å². The first-order valence-corrected chi connectivity index (χ1v) is 21.7. The van der Waals surface area contributed by atoms with E-state index in [0.717, 1.165) is 17.6 Å². The molecule has 2 saturated heterocycles. The van der Waals surface area contributed by atoms with E-state index in [-0.39, 0.29) is 57.8 Å². The molecule has 1 aromatic rings. The molecular formula is C44H88N2O4S2. The highest BCUT2D eigenvalue weighted by Gasteiger charge is 2.53. The summed E-state index contributed by atoms with van der Waals surface area (Å²) in [5, 5.41) is 9.84. The van der Waals surface area contributed by atoms with E-state index in [4.69, 9.17) is 4.74 Å². The van der Waals surface area contributed by atoms with E-state index >= 15 is 0 Å². The van der Waals surface area contributed by atoms with Crippen molar-refractivity contribution >= 4 is 37.1 Å². The van der Waals surface area contributed by atoms with Gasteiger partial charge in [0.15, 0.2) is 0 Å². The lowest BCUT2D eigenvalue weighted by molar-refractivity contribution is -0.139. The summed E-state index contributed by atoms with van der Waals surface area (Å²) < 4.78 is 5.88. The fraction of sp³-hybridized carbons (Fsp3) is 0.773. The highest BCUT2D eigenvalue weighted by Crippen LogP contribution is 2.60. The molecule has 2 atom stereocenters. The summed E-state index contributed by atoms with van der Waals surface area (Å²) in [6.45, 7) is 47.5. The van der Waals surface area contributed by atoms with Crippen LogP contribution in [0.4, 0.5) is 0 Å². The highest BCUT2D eigenvalue weighted by molar-refractivity contribution is 7.79. The van der Waals surface area contributed by atoms with Crippen LogP contribution < -0.4 is 0 Å². The third-order valence-electron chi connectivity index (χ3n) is 10.4. The van der Waals surface area contributed by atoms with Crippen LogP contribution in [-0.4, -0.2) is 65.5 Å². The summed E-state index contributed by atoms with van der Waals surface area (Å²) >= 11 is 7.06. The van der Waals surface area contributed by atoms with Crippen molar-refractivity contribution in [2.75, 3.05) is 38.8 Å². The van der Waals surface area contributed by atoms with Gasteiger partial charge in [0.1, 0.15) is 12.0 Å². The third kappa shape index (κ3) is 17.3. The van der Waals surface area contributed by atoms with Crippen LogP contribution in [0.5, 0.6) is 5.75 Å². The number of carbonyl (C=O) groups excluding carboxylic acids is 2. The number of nitrogens with zero attached hydrogens (tertiary/aromatic N) is 2. The number of benzene rings is 1.